The Kier molecular flexibility index (Phi) is 4.64. The Morgan fingerprint density at radius 2 is 2.13 bits per heavy atom. The van der Waals surface area contributed by atoms with Crippen molar-refractivity contribution < 1.29 is 4.79 Å². The van der Waals surface area contributed by atoms with Crippen LogP contribution in [0.1, 0.15) is 27.3 Å². The van der Waals surface area contributed by atoms with Gasteiger partial charge >= 0.3 is 0 Å². The minimum atomic E-state index is 0.0414. The van der Waals surface area contributed by atoms with Crippen molar-refractivity contribution in [2.24, 2.45) is 7.05 Å². The van der Waals surface area contributed by atoms with Crippen LogP contribution in [0.15, 0.2) is 41.9 Å². The molecule has 0 amide bonds. The zero-order chi connectivity index (χ0) is 16.4. The number of ketones is 1. The van der Waals surface area contributed by atoms with Crippen LogP contribution in [0, 0.1) is 6.92 Å². The van der Waals surface area contributed by atoms with Gasteiger partial charge in [0.25, 0.3) is 0 Å². The number of carbonyl (C=O) groups is 1. The number of nitrogens with zero attached hydrogens (tertiary/aromatic N) is 2. The van der Waals surface area contributed by atoms with E-state index < -0.39 is 0 Å². The molecule has 0 N–H and O–H groups in total. The molecule has 3 aromatic rings. The van der Waals surface area contributed by atoms with E-state index >= 15 is 0 Å². The normalized spacial score (nSPS) is 10.9. The monoisotopic (exact) mass is 344 g/mol. The summed E-state index contributed by atoms with van der Waals surface area (Å²) in [6, 6.07) is 10.4. The third kappa shape index (κ3) is 3.54. The minimum Gasteiger partial charge on any atom is -0.350 e. The van der Waals surface area contributed by atoms with Gasteiger partial charge in [-0.25, -0.2) is 4.98 Å². The average Bonchev–Trinajstić information content (AvgIpc) is 3.10. The predicted octanol–water partition coefficient (Wildman–Crippen LogP) is 4.93. The van der Waals surface area contributed by atoms with E-state index in [4.69, 9.17) is 11.6 Å². The number of thiazole rings is 1. The van der Waals surface area contributed by atoms with Gasteiger partial charge in [0.1, 0.15) is 5.15 Å². The molecular weight excluding hydrogens is 328 g/mol. The second-order valence-electron chi connectivity index (χ2n) is 5.57. The molecule has 0 aliphatic heterocycles. The van der Waals surface area contributed by atoms with E-state index in [1.54, 1.807) is 5.38 Å². The zero-order valence-corrected chi connectivity index (χ0v) is 14.6. The van der Waals surface area contributed by atoms with Crippen molar-refractivity contribution in [1.29, 1.82) is 0 Å². The van der Waals surface area contributed by atoms with Crippen molar-refractivity contribution in [2.75, 3.05) is 0 Å². The summed E-state index contributed by atoms with van der Waals surface area (Å²) in [4.78, 5) is 16.3. The first-order valence-corrected chi connectivity index (χ1v) is 8.66. The van der Waals surface area contributed by atoms with Crippen molar-refractivity contribution in [3.63, 3.8) is 0 Å². The second kappa shape index (κ2) is 6.69. The van der Waals surface area contributed by atoms with Gasteiger partial charge in [0.2, 0.25) is 0 Å². The first-order chi connectivity index (χ1) is 11.0. The van der Waals surface area contributed by atoms with Crippen molar-refractivity contribution in [3.05, 3.63) is 63.2 Å². The molecule has 0 radical (unpaired) electrons. The molecule has 0 fully saturated rings. The number of benzene rings is 1. The maximum Gasteiger partial charge on any atom is 0.191 e. The van der Waals surface area contributed by atoms with Crippen molar-refractivity contribution >= 4 is 28.7 Å². The van der Waals surface area contributed by atoms with E-state index in [2.05, 4.69) is 40.9 Å². The van der Waals surface area contributed by atoms with Gasteiger partial charge < -0.3 is 4.57 Å². The van der Waals surface area contributed by atoms with Gasteiger partial charge in [0.05, 0.1) is 0 Å². The van der Waals surface area contributed by atoms with Gasteiger partial charge in [-0.2, -0.15) is 0 Å². The van der Waals surface area contributed by atoms with Crippen molar-refractivity contribution in [2.45, 2.75) is 19.8 Å². The Labute approximate surface area is 144 Å². The maximum atomic E-state index is 12.2. The lowest BCUT2D eigenvalue weighted by Gasteiger charge is -2.10. The quantitative estimate of drug-likeness (QED) is 0.615. The van der Waals surface area contributed by atoms with Crippen LogP contribution in [0.4, 0.5) is 0 Å². The number of halogens is 1. The van der Waals surface area contributed by atoms with E-state index in [0.717, 1.165) is 0 Å². The fraction of sp³-hybridized carbons (Fsp3) is 0.222. The second-order valence-corrected chi connectivity index (χ2v) is 6.81. The number of carbonyl (C=O) groups excluding carboxylic acids is 1. The molecule has 0 bridgehead atoms. The molecule has 0 atom stereocenters. The molecule has 23 heavy (non-hydrogen) atoms. The van der Waals surface area contributed by atoms with Crippen LogP contribution >= 0.6 is 22.9 Å². The zero-order valence-electron chi connectivity index (χ0n) is 13.0. The first-order valence-electron chi connectivity index (χ1n) is 7.40. The van der Waals surface area contributed by atoms with Gasteiger partial charge in [-0.1, -0.05) is 35.9 Å². The molecule has 0 saturated heterocycles. The lowest BCUT2D eigenvalue weighted by Crippen LogP contribution is -2.02. The van der Waals surface area contributed by atoms with Crippen LogP contribution in [0.5, 0.6) is 0 Å². The molecule has 0 saturated carbocycles. The van der Waals surface area contributed by atoms with E-state index in [-0.39, 0.29) is 5.78 Å². The highest BCUT2D eigenvalue weighted by Gasteiger charge is 2.13. The highest BCUT2D eigenvalue weighted by atomic mass is 35.5. The van der Waals surface area contributed by atoms with Crippen LogP contribution < -0.4 is 0 Å². The number of hydrogen-bond acceptors (Lipinski definition) is 3. The molecule has 2 aromatic heterocycles. The maximum absolute atomic E-state index is 12.2. The van der Waals surface area contributed by atoms with Gasteiger partial charge in [-0.3, -0.25) is 4.79 Å². The third-order valence-electron chi connectivity index (χ3n) is 3.77. The standard InChI is InChI=1S/C18H17ClN2OS/c1-12-9-15(21(2)10-12)14-6-4-3-5-13(14)7-8-16(22)18-20-17(19)11-23-18/h3-6,9-11H,7-8H2,1-2H3. The number of aromatic nitrogens is 2. The van der Waals surface area contributed by atoms with Gasteiger partial charge in [0, 0.05) is 36.3 Å². The smallest absolute Gasteiger partial charge is 0.191 e. The number of hydrogen-bond donors (Lipinski definition) is 0. The lowest BCUT2D eigenvalue weighted by atomic mass is 9.99. The summed E-state index contributed by atoms with van der Waals surface area (Å²) in [5, 5.41) is 2.57. The fourth-order valence-corrected chi connectivity index (χ4v) is 3.64. The summed E-state index contributed by atoms with van der Waals surface area (Å²) in [6.07, 6.45) is 3.23. The molecular formula is C18H17ClN2OS. The Hall–Kier alpha value is -1.91. The molecule has 2 heterocycles. The highest BCUT2D eigenvalue weighted by Crippen LogP contribution is 2.27. The summed E-state index contributed by atoms with van der Waals surface area (Å²) >= 11 is 7.09. The predicted molar refractivity (Wildman–Crippen MR) is 95.4 cm³/mol. The highest BCUT2D eigenvalue weighted by molar-refractivity contribution is 7.12. The van der Waals surface area contributed by atoms with E-state index in [0.29, 0.717) is 23.0 Å². The Bertz CT molecular complexity index is 850. The third-order valence-corrected chi connectivity index (χ3v) is 4.98. The average molecular weight is 345 g/mol. The summed E-state index contributed by atoms with van der Waals surface area (Å²) in [7, 11) is 2.04. The molecule has 0 aliphatic rings. The summed E-state index contributed by atoms with van der Waals surface area (Å²) in [5.41, 5.74) is 4.74. The molecule has 3 nitrogen and oxygen atoms in total. The SMILES string of the molecule is Cc1cc(-c2ccccc2CCC(=O)c2nc(Cl)cs2)n(C)c1. The fourth-order valence-electron chi connectivity index (χ4n) is 2.72. The van der Waals surface area contributed by atoms with Crippen LogP contribution in [0.2, 0.25) is 5.15 Å². The van der Waals surface area contributed by atoms with Gasteiger partial charge in [-0.05, 0) is 30.5 Å². The molecule has 0 unspecified atom stereocenters. The first kappa shape index (κ1) is 16.0. The molecule has 5 heteroatoms. The Balaban J connectivity index is 1.81. The molecule has 3 rings (SSSR count). The van der Waals surface area contributed by atoms with Crippen LogP contribution in [-0.2, 0) is 13.5 Å². The van der Waals surface area contributed by atoms with Crippen LogP contribution in [0.25, 0.3) is 11.3 Å². The topological polar surface area (TPSA) is 34.9 Å². The summed E-state index contributed by atoms with van der Waals surface area (Å²) in [5.74, 6) is 0.0414. The minimum absolute atomic E-state index is 0.0414. The van der Waals surface area contributed by atoms with Crippen LogP contribution in [-0.4, -0.2) is 15.3 Å². The number of aryl methyl sites for hydroxylation is 3. The molecule has 0 aliphatic carbocycles. The number of Topliss-reactive ketones (excluding diaryl/α,β-unsaturated/α-hetero) is 1. The van der Waals surface area contributed by atoms with E-state index in [1.165, 1.54) is 33.7 Å². The van der Waals surface area contributed by atoms with Gasteiger partial charge in [0.15, 0.2) is 10.8 Å². The molecule has 0 spiro atoms. The van der Waals surface area contributed by atoms with E-state index in [1.807, 2.05) is 19.2 Å². The summed E-state index contributed by atoms with van der Waals surface area (Å²) in [6.45, 7) is 2.09. The number of rotatable bonds is 5. The summed E-state index contributed by atoms with van der Waals surface area (Å²) < 4.78 is 2.12. The molecule has 118 valence electrons. The van der Waals surface area contributed by atoms with Crippen LogP contribution in [0.3, 0.4) is 0 Å². The molecule has 1 aromatic carbocycles. The Morgan fingerprint density at radius 1 is 1.35 bits per heavy atom. The lowest BCUT2D eigenvalue weighted by molar-refractivity contribution is 0.0982. The van der Waals surface area contributed by atoms with E-state index in [9.17, 15) is 4.79 Å². The van der Waals surface area contributed by atoms with Gasteiger partial charge in [-0.15, -0.1) is 11.3 Å². The van der Waals surface area contributed by atoms with Crippen molar-refractivity contribution in [3.8, 4) is 11.3 Å². The Morgan fingerprint density at radius 3 is 2.78 bits per heavy atom. The van der Waals surface area contributed by atoms with Crippen molar-refractivity contribution in [1.82, 2.24) is 9.55 Å². The largest absolute Gasteiger partial charge is 0.350 e.